The molecular formula is C22H26FN3O2. The number of hydrogen-bond donors (Lipinski definition) is 2. The molecule has 0 saturated carbocycles. The number of carbonyl (C=O) groups is 2. The molecule has 1 saturated heterocycles. The van der Waals surface area contributed by atoms with E-state index in [0.717, 1.165) is 32.5 Å². The molecule has 0 spiro atoms. The van der Waals surface area contributed by atoms with Crippen molar-refractivity contribution < 1.29 is 14.0 Å². The van der Waals surface area contributed by atoms with Crippen LogP contribution in [0.25, 0.3) is 0 Å². The number of rotatable bonds is 5. The fourth-order valence-corrected chi connectivity index (χ4v) is 3.55. The lowest BCUT2D eigenvalue weighted by Gasteiger charge is -2.32. The zero-order chi connectivity index (χ0) is 20.1. The molecule has 0 unspecified atom stereocenters. The Morgan fingerprint density at radius 2 is 1.89 bits per heavy atom. The Bertz CT molecular complexity index is 861. The van der Waals surface area contributed by atoms with Gasteiger partial charge in [-0.3, -0.25) is 14.5 Å². The SMILES string of the molecule is CC(=O)Nc1ccc(F)c(C(=O)NC2CCN(Cc3cccc(C)c3)CC2)c1. The molecule has 1 aliphatic heterocycles. The van der Waals surface area contributed by atoms with E-state index in [2.05, 4.69) is 46.7 Å². The topological polar surface area (TPSA) is 61.4 Å². The number of anilines is 1. The van der Waals surface area contributed by atoms with Crippen molar-refractivity contribution in [2.45, 2.75) is 39.3 Å². The normalized spacial score (nSPS) is 15.2. The number of likely N-dealkylation sites (tertiary alicyclic amines) is 1. The Morgan fingerprint density at radius 1 is 1.14 bits per heavy atom. The van der Waals surface area contributed by atoms with E-state index in [4.69, 9.17) is 0 Å². The number of piperidine rings is 1. The van der Waals surface area contributed by atoms with Crippen LogP contribution in [-0.4, -0.2) is 35.8 Å². The molecule has 2 amide bonds. The van der Waals surface area contributed by atoms with Gasteiger partial charge in [-0.2, -0.15) is 0 Å². The lowest BCUT2D eigenvalue weighted by molar-refractivity contribution is -0.114. The van der Waals surface area contributed by atoms with E-state index in [1.54, 1.807) is 0 Å². The summed E-state index contributed by atoms with van der Waals surface area (Å²) < 4.78 is 14.1. The number of carbonyl (C=O) groups excluding carboxylic acids is 2. The lowest BCUT2D eigenvalue weighted by Crippen LogP contribution is -2.44. The van der Waals surface area contributed by atoms with Crippen LogP contribution in [0.1, 0.15) is 41.3 Å². The summed E-state index contributed by atoms with van der Waals surface area (Å²) in [5.41, 5.74) is 2.91. The average Bonchev–Trinajstić information content (AvgIpc) is 2.64. The van der Waals surface area contributed by atoms with Gasteiger partial charge in [-0.15, -0.1) is 0 Å². The molecule has 5 nitrogen and oxygen atoms in total. The van der Waals surface area contributed by atoms with E-state index in [1.165, 1.54) is 36.2 Å². The molecule has 2 N–H and O–H groups in total. The average molecular weight is 383 g/mol. The minimum absolute atomic E-state index is 0.0186. The highest BCUT2D eigenvalue weighted by atomic mass is 19.1. The first kappa shape index (κ1) is 20.0. The van der Waals surface area contributed by atoms with Gasteiger partial charge < -0.3 is 10.6 Å². The van der Waals surface area contributed by atoms with Gasteiger partial charge in [-0.25, -0.2) is 4.39 Å². The first-order valence-electron chi connectivity index (χ1n) is 9.56. The molecule has 148 valence electrons. The number of nitrogens with zero attached hydrogens (tertiary/aromatic N) is 1. The van der Waals surface area contributed by atoms with Crippen LogP contribution in [0.3, 0.4) is 0 Å². The predicted molar refractivity (Wildman–Crippen MR) is 108 cm³/mol. The van der Waals surface area contributed by atoms with Crippen LogP contribution in [0, 0.1) is 12.7 Å². The highest BCUT2D eigenvalue weighted by Gasteiger charge is 2.22. The van der Waals surface area contributed by atoms with Crippen molar-refractivity contribution in [2.75, 3.05) is 18.4 Å². The molecular weight excluding hydrogens is 357 g/mol. The summed E-state index contributed by atoms with van der Waals surface area (Å²) in [6.07, 6.45) is 1.65. The van der Waals surface area contributed by atoms with Crippen molar-refractivity contribution in [1.82, 2.24) is 10.2 Å². The van der Waals surface area contributed by atoms with E-state index in [9.17, 15) is 14.0 Å². The lowest BCUT2D eigenvalue weighted by atomic mass is 10.0. The van der Waals surface area contributed by atoms with Crippen molar-refractivity contribution in [2.24, 2.45) is 0 Å². The number of hydrogen-bond acceptors (Lipinski definition) is 3. The van der Waals surface area contributed by atoms with Crippen LogP contribution < -0.4 is 10.6 Å². The molecule has 0 radical (unpaired) electrons. The van der Waals surface area contributed by atoms with Gasteiger partial charge in [0.25, 0.3) is 5.91 Å². The third-order valence-corrected chi connectivity index (χ3v) is 4.94. The molecule has 2 aromatic carbocycles. The van der Waals surface area contributed by atoms with Gasteiger partial charge in [0.1, 0.15) is 5.82 Å². The summed E-state index contributed by atoms with van der Waals surface area (Å²) in [6.45, 7) is 6.12. The summed E-state index contributed by atoms with van der Waals surface area (Å²) in [5, 5.41) is 5.50. The van der Waals surface area contributed by atoms with E-state index >= 15 is 0 Å². The molecule has 6 heteroatoms. The summed E-state index contributed by atoms with van der Waals surface area (Å²) >= 11 is 0. The smallest absolute Gasteiger partial charge is 0.254 e. The first-order valence-corrected chi connectivity index (χ1v) is 9.56. The number of halogens is 1. The minimum Gasteiger partial charge on any atom is -0.349 e. The van der Waals surface area contributed by atoms with E-state index in [-0.39, 0.29) is 17.5 Å². The van der Waals surface area contributed by atoms with Crippen LogP contribution in [0.4, 0.5) is 10.1 Å². The summed E-state index contributed by atoms with van der Waals surface area (Å²) in [7, 11) is 0. The van der Waals surface area contributed by atoms with E-state index in [1.807, 2.05) is 0 Å². The monoisotopic (exact) mass is 383 g/mol. The molecule has 0 aliphatic carbocycles. The van der Waals surface area contributed by atoms with Crippen LogP contribution >= 0.6 is 0 Å². The van der Waals surface area contributed by atoms with Crippen molar-refractivity contribution in [3.63, 3.8) is 0 Å². The molecule has 3 rings (SSSR count). The van der Waals surface area contributed by atoms with Gasteiger partial charge in [-0.05, 0) is 43.5 Å². The van der Waals surface area contributed by atoms with Crippen LogP contribution in [-0.2, 0) is 11.3 Å². The Balaban J connectivity index is 1.54. The van der Waals surface area contributed by atoms with Crippen LogP contribution in [0.2, 0.25) is 0 Å². The molecule has 2 aromatic rings. The number of benzene rings is 2. The fraction of sp³-hybridized carbons (Fsp3) is 0.364. The zero-order valence-electron chi connectivity index (χ0n) is 16.3. The molecule has 1 heterocycles. The fourth-order valence-electron chi connectivity index (χ4n) is 3.55. The Hall–Kier alpha value is -2.73. The maximum absolute atomic E-state index is 14.1. The van der Waals surface area contributed by atoms with Crippen molar-refractivity contribution >= 4 is 17.5 Å². The molecule has 28 heavy (non-hydrogen) atoms. The molecule has 0 bridgehead atoms. The summed E-state index contributed by atoms with van der Waals surface area (Å²) in [6, 6.07) is 12.5. The highest BCUT2D eigenvalue weighted by molar-refractivity contribution is 5.97. The van der Waals surface area contributed by atoms with Gasteiger partial charge in [0, 0.05) is 38.3 Å². The molecule has 1 aliphatic rings. The van der Waals surface area contributed by atoms with Crippen molar-refractivity contribution in [1.29, 1.82) is 0 Å². The Labute approximate surface area is 164 Å². The van der Waals surface area contributed by atoms with Crippen molar-refractivity contribution in [3.05, 3.63) is 65.0 Å². The third kappa shape index (κ3) is 5.39. The van der Waals surface area contributed by atoms with E-state index < -0.39 is 11.7 Å². The van der Waals surface area contributed by atoms with Gasteiger partial charge in [0.05, 0.1) is 5.56 Å². The maximum atomic E-state index is 14.1. The standard InChI is InChI=1S/C22H26FN3O2/c1-15-4-3-5-17(12-15)14-26-10-8-18(9-11-26)25-22(28)20-13-19(24-16(2)27)6-7-21(20)23/h3-7,12-13,18H,8-11,14H2,1-2H3,(H,24,27)(H,25,28). The van der Waals surface area contributed by atoms with Crippen LogP contribution in [0.5, 0.6) is 0 Å². The predicted octanol–water partition coefficient (Wildman–Crippen LogP) is 3.49. The van der Waals surface area contributed by atoms with Gasteiger partial charge in [-0.1, -0.05) is 29.8 Å². The van der Waals surface area contributed by atoms with Crippen molar-refractivity contribution in [3.8, 4) is 0 Å². The first-order chi connectivity index (χ1) is 13.4. The van der Waals surface area contributed by atoms with Gasteiger partial charge >= 0.3 is 0 Å². The zero-order valence-corrected chi connectivity index (χ0v) is 16.3. The summed E-state index contributed by atoms with van der Waals surface area (Å²) in [4.78, 5) is 26.0. The second kappa shape index (κ2) is 8.97. The molecule has 0 atom stereocenters. The third-order valence-electron chi connectivity index (χ3n) is 4.94. The molecule has 0 aromatic heterocycles. The Morgan fingerprint density at radius 3 is 2.57 bits per heavy atom. The van der Waals surface area contributed by atoms with E-state index in [0.29, 0.717) is 5.69 Å². The second-order valence-electron chi connectivity index (χ2n) is 7.39. The highest BCUT2D eigenvalue weighted by Crippen LogP contribution is 2.18. The van der Waals surface area contributed by atoms with Gasteiger partial charge in [0.15, 0.2) is 0 Å². The quantitative estimate of drug-likeness (QED) is 0.831. The number of amides is 2. The number of nitrogens with one attached hydrogen (secondary N) is 2. The maximum Gasteiger partial charge on any atom is 0.254 e. The number of aryl methyl sites for hydroxylation is 1. The largest absolute Gasteiger partial charge is 0.349 e. The summed E-state index contributed by atoms with van der Waals surface area (Å²) in [5.74, 6) is -1.30. The Kier molecular flexibility index (Phi) is 6.41. The molecule has 1 fully saturated rings. The minimum atomic E-state index is -0.594. The second-order valence-corrected chi connectivity index (χ2v) is 7.39. The van der Waals surface area contributed by atoms with Crippen LogP contribution in [0.15, 0.2) is 42.5 Å². The van der Waals surface area contributed by atoms with Gasteiger partial charge in [0.2, 0.25) is 5.91 Å².